The summed E-state index contributed by atoms with van der Waals surface area (Å²) in [6.45, 7) is 0. The van der Waals surface area contributed by atoms with Gasteiger partial charge < -0.3 is 10.6 Å². The molecule has 0 amide bonds. The Kier molecular flexibility index (Phi) is 3.35. The molecule has 0 aliphatic heterocycles. The van der Waals surface area contributed by atoms with Crippen LogP contribution in [0.3, 0.4) is 0 Å². The number of para-hydroxylation sites is 1. The molecule has 17 heavy (non-hydrogen) atoms. The Morgan fingerprint density at radius 3 is 2.59 bits per heavy atom. The van der Waals surface area contributed by atoms with Crippen molar-refractivity contribution in [2.75, 3.05) is 0 Å². The molecule has 0 heterocycles. The second-order valence-corrected chi connectivity index (χ2v) is 3.38. The van der Waals surface area contributed by atoms with Gasteiger partial charge in [-0.25, -0.2) is 4.39 Å². The number of rotatable bonds is 3. The van der Waals surface area contributed by atoms with E-state index >= 15 is 0 Å². The van der Waals surface area contributed by atoms with Crippen LogP contribution >= 0.6 is 0 Å². The number of hydrogen-bond acceptors (Lipinski definition) is 3. The van der Waals surface area contributed by atoms with E-state index in [1.54, 1.807) is 24.3 Å². The van der Waals surface area contributed by atoms with Gasteiger partial charge in [0.05, 0.1) is 6.21 Å². The third kappa shape index (κ3) is 2.81. The monoisotopic (exact) mass is 230 g/mol. The molecule has 0 unspecified atom stereocenters. The smallest absolute Gasteiger partial charge is 0.165 e. The van der Waals surface area contributed by atoms with Crippen LogP contribution in [0.25, 0.3) is 0 Å². The highest BCUT2D eigenvalue weighted by Gasteiger charge is 2.05. The van der Waals surface area contributed by atoms with Crippen molar-refractivity contribution in [3.63, 3.8) is 0 Å². The molecule has 4 heteroatoms. The highest BCUT2D eigenvalue weighted by atomic mass is 19.1. The van der Waals surface area contributed by atoms with Crippen molar-refractivity contribution >= 4 is 6.21 Å². The number of halogens is 1. The molecule has 2 N–H and O–H groups in total. The van der Waals surface area contributed by atoms with E-state index in [9.17, 15) is 4.39 Å². The largest absolute Gasteiger partial charge is 0.454 e. The summed E-state index contributed by atoms with van der Waals surface area (Å²) in [7, 11) is 0. The van der Waals surface area contributed by atoms with E-state index in [1.807, 2.05) is 18.2 Å². The summed E-state index contributed by atoms with van der Waals surface area (Å²) in [5.74, 6) is 5.33. The first kappa shape index (κ1) is 11.1. The Morgan fingerprint density at radius 1 is 1.12 bits per heavy atom. The van der Waals surface area contributed by atoms with E-state index in [2.05, 4.69) is 5.10 Å². The van der Waals surface area contributed by atoms with Gasteiger partial charge in [-0.2, -0.15) is 5.10 Å². The molecular formula is C13H11FN2O. The Balaban J connectivity index is 2.29. The van der Waals surface area contributed by atoms with E-state index in [0.29, 0.717) is 11.3 Å². The molecule has 0 aliphatic rings. The second kappa shape index (κ2) is 5.12. The maximum atomic E-state index is 13.5. The summed E-state index contributed by atoms with van der Waals surface area (Å²) in [4.78, 5) is 0. The van der Waals surface area contributed by atoms with E-state index in [0.717, 1.165) is 0 Å². The van der Waals surface area contributed by atoms with Gasteiger partial charge in [0.2, 0.25) is 0 Å². The first-order chi connectivity index (χ1) is 8.29. The van der Waals surface area contributed by atoms with E-state index in [-0.39, 0.29) is 5.75 Å². The minimum atomic E-state index is -0.428. The van der Waals surface area contributed by atoms with Crippen LogP contribution in [0.4, 0.5) is 4.39 Å². The lowest BCUT2D eigenvalue weighted by atomic mass is 10.2. The highest BCUT2D eigenvalue weighted by molar-refractivity contribution is 5.80. The van der Waals surface area contributed by atoms with Gasteiger partial charge in [0.15, 0.2) is 11.6 Å². The topological polar surface area (TPSA) is 47.6 Å². The van der Waals surface area contributed by atoms with Gasteiger partial charge in [0.1, 0.15) is 5.75 Å². The van der Waals surface area contributed by atoms with Gasteiger partial charge in [-0.1, -0.05) is 24.3 Å². The van der Waals surface area contributed by atoms with Crippen molar-refractivity contribution in [2.24, 2.45) is 10.9 Å². The molecule has 0 fully saturated rings. The van der Waals surface area contributed by atoms with Crippen LogP contribution in [0.15, 0.2) is 53.6 Å². The second-order valence-electron chi connectivity index (χ2n) is 3.38. The predicted octanol–water partition coefficient (Wildman–Crippen LogP) is 2.91. The zero-order valence-electron chi connectivity index (χ0n) is 9.01. The van der Waals surface area contributed by atoms with E-state index < -0.39 is 5.82 Å². The van der Waals surface area contributed by atoms with Crippen molar-refractivity contribution in [3.8, 4) is 11.5 Å². The first-order valence-electron chi connectivity index (χ1n) is 5.05. The minimum absolute atomic E-state index is 0.147. The Hall–Kier alpha value is -2.36. The third-order valence-electron chi connectivity index (χ3n) is 2.15. The number of nitrogens with zero attached hydrogens (tertiary/aromatic N) is 1. The van der Waals surface area contributed by atoms with Crippen LogP contribution < -0.4 is 10.6 Å². The molecule has 0 spiro atoms. The molecule has 86 valence electrons. The van der Waals surface area contributed by atoms with Crippen molar-refractivity contribution < 1.29 is 9.13 Å². The summed E-state index contributed by atoms with van der Waals surface area (Å²) in [6.07, 6.45) is 1.43. The molecule has 2 rings (SSSR count). The van der Waals surface area contributed by atoms with Gasteiger partial charge in [-0.15, -0.1) is 0 Å². The minimum Gasteiger partial charge on any atom is -0.454 e. The molecule has 2 aromatic carbocycles. The number of ether oxygens (including phenoxy) is 1. The molecule has 0 atom stereocenters. The molecular weight excluding hydrogens is 219 g/mol. The lowest BCUT2D eigenvalue weighted by Gasteiger charge is -2.07. The van der Waals surface area contributed by atoms with Crippen LogP contribution in [-0.2, 0) is 0 Å². The van der Waals surface area contributed by atoms with Crippen LogP contribution in [0.5, 0.6) is 11.5 Å². The Bertz CT molecular complexity index is 526. The Morgan fingerprint density at radius 2 is 1.88 bits per heavy atom. The van der Waals surface area contributed by atoms with Gasteiger partial charge in [0.25, 0.3) is 0 Å². The number of hydrazone groups is 1. The maximum absolute atomic E-state index is 13.5. The average molecular weight is 230 g/mol. The molecule has 0 aromatic heterocycles. The fourth-order valence-electron chi connectivity index (χ4n) is 1.38. The van der Waals surface area contributed by atoms with Crippen LogP contribution in [0, 0.1) is 5.82 Å². The SMILES string of the molecule is NN=Cc1ccc(F)c(Oc2ccccc2)c1. The number of hydrogen-bond donors (Lipinski definition) is 1. The van der Waals surface area contributed by atoms with Crippen molar-refractivity contribution in [2.45, 2.75) is 0 Å². The normalized spacial score (nSPS) is 10.6. The quantitative estimate of drug-likeness (QED) is 0.500. The van der Waals surface area contributed by atoms with Crippen LogP contribution in [0.1, 0.15) is 5.56 Å². The number of benzene rings is 2. The fourth-order valence-corrected chi connectivity index (χ4v) is 1.38. The molecule has 0 saturated carbocycles. The van der Waals surface area contributed by atoms with E-state index in [1.165, 1.54) is 12.3 Å². The summed E-state index contributed by atoms with van der Waals surface area (Å²) in [5.41, 5.74) is 0.680. The van der Waals surface area contributed by atoms with Crippen molar-refractivity contribution in [1.82, 2.24) is 0 Å². The lowest BCUT2D eigenvalue weighted by molar-refractivity contribution is 0.442. The summed E-state index contributed by atoms with van der Waals surface area (Å²) in [6, 6.07) is 13.4. The fraction of sp³-hybridized carbons (Fsp3) is 0. The van der Waals surface area contributed by atoms with E-state index in [4.69, 9.17) is 10.6 Å². The standard InChI is InChI=1S/C13H11FN2O/c14-12-7-6-10(9-16-15)8-13(12)17-11-4-2-1-3-5-11/h1-9H,15H2. The summed E-state index contributed by atoms with van der Waals surface area (Å²) < 4.78 is 18.9. The van der Waals surface area contributed by atoms with Gasteiger partial charge in [-0.3, -0.25) is 0 Å². The average Bonchev–Trinajstić information content (AvgIpc) is 2.35. The zero-order valence-corrected chi connectivity index (χ0v) is 9.01. The molecule has 3 nitrogen and oxygen atoms in total. The maximum Gasteiger partial charge on any atom is 0.165 e. The first-order valence-corrected chi connectivity index (χ1v) is 5.05. The number of nitrogens with two attached hydrogens (primary N) is 1. The van der Waals surface area contributed by atoms with Gasteiger partial charge in [-0.05, 0) is 29.8 Å². The molecule has 0 aliphatic carbocycles. The van der Waals surface area contributed by atoms with Crippen molar-refractivity contribution in [3.05, 3.63) is 59.9 Å². The predicted molar refractivity (Wildman–Crippen MR) is 64.7 cm³/mol. The Labute approximate surface area is 98.3 Å². The molecule has 2 aromatic rings. The summed E-state index contributed by atoms with van der Waals surface area (Å²) >= 11 is 0. The van der Waals surface area contributed by atoms with Crippen LogP contribution in [-0.4, -0.2) is 6.21 Å². The summed E-state index contributed by atoms with van der Waals surface area (Å²) in [5, 5.41) is 3.38. The third-order valence-corrected chi connectivity index (χ3v) is 2.15. The molecule has 0 saturated heterocycles. The lowest BCUT2D eigenvalue weighted by Crippen LogP contribution is -1.92. The molecule has 0 radical (unpaired) electrons. The van der Waals surface area contributed by atoms with Crippen molar-refractivity contribution in [1.29, 1.82) is 0 Å². The molecule has 0 bridgehead atoms. The van der Waals surface area contributed by atoms with Gasteiger partial charge >= 0.3 is 0 Å². The zero-order chi connectivity index (χ0) is 12.1. The van der Waals surface area contributed by atoms with Gasteiger partial charge in [0, 0.05) is 0 Å². The highest BCUT2D eigenvalue weighted by Crippen LogP contribution is 2.24. The van der Waals surface area contributed by atoms with Crippen LogP contribution in [0.2, 0.25) is 0 Å².